The van der Waals surface area contributed by atoms with Gasteiger partial charge in [0, 0.05) is 32.7 Å². The highest BCUT2D eigenvalue weighted by atomic mass is 16.5. The van der Waals surface area contributed by atoms with Gasteiger partial charge < -0.3 is 19.9 Å². The smallest absolute Gasteiger partial charge is 0.317 e. The van der Waals surface area contributed by atoms with Crippen molar-refractivity contribution in [2.24, 2.45) is 0 Å². The molecule has 6 nitrogen and oxygen atoms in total. The number of benzene rings is 1. The zero-order valence-electron chi connectivity index (χ0n) is 14.8. The summed E-state index contributed by atoms with van der Waals surface area (Å²) in [5, 5.41) is 2.87. The summed E-state index contributed by atoms with van der Waals surface area (Å²) in [6.45, 7) is 7.04. The number of urea groups is 1. The summed E-state index contributed by atoms with van der Waals surface area (Å²) in [6, 6.07) is 5.78. The first kappa shape index (κ1) is 18.1. The van der Waals surface area contributed by atoms with Crippen LogP contribution in [0.1, 0.15) is 24.5 Å². The Balaban J connectivity index is 1.84. The molecule has 1 N–H and O–H groups in total. The molecule has 1 heterocycles. The molecule has 2 rings (SSSR count). The maximum atomic E-state index is 12.5. The molecule has 0 saturated carbocycles. The van der Waals surface area contributed by atoms with Gasteiger partial charge in [-0.05, 0) is 30.5 Å². The van der Waals surface area contributed by atoms with Crippen molar-refractivity contribution in [3.8, 4) is 5.75 Å². The van der Waals surface area contributed by atoms with Crippen molar-refractivity contribution in [3.05, 3.63) is 29.3 Å². The minimum absolute atomic E-state index is 0.0327. The van der Waals surface area contributed by atoms with Gasteiger partial charge in [-0.3, -0.25) is 4.79 Å². The van der Waals surface area contributed by atoms with Crippen molar-refractivity contribution >= 4 is 11.9 Å². The number of carbonyl (C=O) groups excluding carboxylic acids is 2. The van der Waals surface area contributed by atoms with Crippen molar-refractivity contribution in [2.75, 3.05) is 39.8 Å². The number of ether oxygens (including phenoxy) is 1. The molecule has 0 aromatic heterocycles. The molecular formula is C18H27N3O3. The third-order valence-corrected chi connectivity index (χ3v) is 4.26. The quantitative estimate of drug-likeness (QED) is 0.894. The van der Waals surface area contributed by atoms with Crippen LogP contribution in [0, 0.1) is 6.92 Å². The second kappa shape index (κ2) is 8.57. The van der Waals surface area contributed by atoms with E-state index in [4.69, 9.17) is 4.74 Å². The Bertz CT molecular complexity index is 581. The molecule has 1 aliphatic heterocycles. The lowest BCUT2D eigenvalue weighted by Gasteiger charge is -2.34. The summed E-state index contributed by atoms with van der Waals surface area (Å²) >= 11 is 0. The normalized spacial score (nSPS) is 14.5. The molecule has 1 fully saturated rings. The molecule has 1 aromatic rings. The lowest BCUT2D eigenvalue weighted by atomic mass is 10.1. The van der Waals surface area contributed by atoms with E-state index < -0.39 is 0 Å². The van der Waals surface area contributed by atoms with Crippen LogP contribution >= 0.6 is 0 Å². The summed E-state index contributed by atoms with van der Waals surface area (Å²) in [7, 11) is 1.64. The molecule has 6 heteroatoms. The van der Waals surface area contributed by atoms with Gasteiger partial charge in [0.15, 0.2) is 0 Å². The van der Waals surface area contributed by atoms with Crippen molar-refractivity contribution in [1.29, 1.82) is 0 Å². The molecule has 0 radical (unpaired) electrons. The Hall–Kier alpha value is -2.24. The number of carbonyl (C=O) groups is 2. The molecule has 0 spiro atoms. The van der Waals surface area contributed by atoms with Gasteiger partial charge in [0.05, 0.1) is 13.5 Å². The Morgan fingerprint density at radius 2 is 1.83 bits per heavy atom. The van der Waals surface area contributed by atoms with Crippen LogP contribution in [0.15, 0.2) is 18.2 Å². The molecule has 0 unspecified atom stereocenters. The second-order valence-electron chi connectivity index (χ2n) is 6.08. The predicted octanol–water partition coefficient (Wildman–Crippen LogP) is 1.81. The molecule has 3 amide bonds. The van der Waals surface area contributed by atoms with Crippen molar-refractivity contribution in [3.63, 3.8) is 0 Å². The molecule has 1 aliphatic rings. The van der Waals surface area contributed by atoms with E-state index in [0.29, 0.717) is 39.1 Å². The fourth-order valence-corrected chi connectivity index (χ4v) is 2.84. The number of piperazine rings is 1. The minimum Gasteiger partial charge on any atom is -0.496 e. The molecule has 132 valence electrons. The second-order valence-corrected chi connectivity index (χ2v) is 6.08. The molecule has 0 aliphatic carbocycles. The van der Waals surface area contributed by atoms with E-state index in [1.807, 2.05) is 36.9 Å². The lowest BCUT2D eigenvalue weighted by molar-refractivity contribution is -0.131. The summed E-state index contributed by atoms with van der Waals surface area (Å²) < 4.78 is 5.24. The Morgan fingerprint density at radius 3 is 2.42 bits per heavy atom. The third kappa shape index (κ3) is 4.63. The molecule has 0 bridgehead atoms. The number of hydrogen-bond donors (Lipinski definition) is 1. The van der Waals surface area contributed by atoms with E-state index in [-0.39, 0.29) is 11.9 Å². The largest absolute Gasteiger partial charge is 0.496 e. The van der Waals surface area contributed by atoms with E-state index in [9.17, 15) is 9.59 Å². The van der Waals surface area contributed by atoms with Gasteiger partial charge in [-0.1, -0.05) is 19.1 Å². The number of nitrogens with one attached hydrogen (secondary N) is 1. The predicted molar refractivity (Wildman–Crippen MR) is 93.3 cm³/mol. The van der Waals surface area contributed by atoms with Crippen molar-refractivity contribution < 1.29 is 14.3 Å². The lowest BCUT2D eigenvalue weighted by Crippen LogP contribution is -2.53. The van der Waals surface area contributed by atoms with Crippen LogP contribution in [0.4, 0.5) is 4.79 Å². The molecule has 1 aromatic carbocycles. The molecule has 24 heavy (non-hydrogen) atoms. The number of rotatable bonds is 5. The van der Waals surface area contributed by atoms with Gasteiger partial charge in [-0.25, -0.2) is 4.79 Å². The molecular weight excluding hydrogens is 306 g/mol. The average Bonchev–Trinajstić information content (AvgIpc) is 2.60. The van der Waals surface area contributed by atoms with Gasteiger partial charge in [0.25, 0.3) is 0 Å². The third-order valence-electron chi connectivity index (χ3n) is 4.26. The van der Waals surface area contributed by atoms with Crippen LogP contribution in [-0.4, -0.2) is 61.6 Å². The van der Waals surface area contributed by atoms with Crippen LogP contribution < -0.4 is 10.1 Å². The minimum atomic E-state index is -0.0327. The van der Waals surface area contributed by atoms with Gasteiger partial charge in [0.2, 0.25) is 5.91 Å². The monoisotopic (exact) mass is 333 g/mol. The van der Waals surface area contributed by atoms with E-state index in [1.165, 1.54) is 0 Å². The van der Waals surface area contributed by atoms with E-state index in [1.54, 1.807) is 12.0 Å². The fourth-order valence-electron chi connectivity index (χ4n) is 2.84. The highest BCUT2D eigenvalue weighted by Gasteiger charge is 2.23. The van der Waals surface area contributed by atoms with Gasteiger partial charge in [-0.2, -0.15) is 0 Å². The van der Waals surface area contributed by atoms with E-state index >= 15 is 0 Å². The SMILES string of the molecule is CCCNC(=O)N1CCN(C(=O)Cc2ccc(OC)c(C)c2)CC1. The standard InChI is InChI=1S/C18H27N3O3/c1-4-7-19-18(23)21-10-8-20(9-11-21)17(22)13-15-5-6-16(24-3)14(2)12-15/h5-6,12H,4,7-11,13H2,1-3H3,(H,19,23). The number of nitrogens with zero attached hydrogens (tertiary/aromatic N) is 2. The zero-order chi connectivity index (χ0) is 17.5. The fraction of sp³-hybridized carbons (Fsp3) is 0.556. The maximum Gasteiger partial charge on any atom is 0.317 e. The number of amides is 3. The van der Waals surface area contributed by atoms with Crippen molar-refractivity contribution in [2.45, 2.75) is 26.7 Å². The summed E-state index contributed by atoms with van der Waals surface area (Å²) in [5.41, 5.74) is 2.02. The van der Waals surface area contributed by atoms with Crippen LogP contribution in [0.2, 0.25) is 0 Å². The Kier molecular flexibility index (Phi) is 6.46. The first-order valence-electron chi connectivity index (χ1n) is 8.49. The zero-order valence-corrected chi connectivity index (χ0v) is 14.8. The number of hydrogen-bond acceptors (Lipinski definition) is 3. The Labute approximate surface area is 143 Å². The van der Waals surface area contributed by atoms with Crippen LogP contribution in [0.3, 0.4) is 0 Å². The van der Waals surface area contributed by atoms with Gasteiger partial charge in [-0.15, -0.1) is 0 Å². The summed E-state index contributed by atoms with van der Waals surface area (Å²) in [5.74, 6) is 0.936. The van der Waals surface area contributed by atoms with Gasteiger partial charge >= 0.3 is 6.03 Å². The first-order chi connectivity index (χ1) is 11.5. The van der Waals surface area contributed by atoms with Crippen LogP contribution in [-0.2, 0) is 11.2 Å². The van der Waals surface area contributed by atoms with E-state index in [2.05, 4.69) is 5.32 Å². The molecule has 1 saturated heterocycles. The topological polar surface area (TPSA) is 61.9 Å². The maximum absolute atomic E-state index is 12.5. The number of methoxy groups -OCH3 is 1. The highest BCUT2D eigenvalue weighted by molar-refractivity contribution is 5.79. The van der Waals surface area contributed by atoms with Crippen LogP contribution in [0.5, 0.6) is 5.75 Å². The summed E-state index contributed by atoms with van der Waals surface area (Å²) in [4.78, 5) is 28.0. The van der Waals surface area contributed by atoms with E-state index in [0.717, 1.165) is 23.3 Å². The first-order valence-corrected chi connectivity index (χ1v) is 8.49. The highest BCUT2D eigenvalue weighted by Crippen LogP contribution is 2.19. The average molecular weight is 333 g/mol. The van der Waals surface area contributed by atoms with Gasteiger partial charge in [0.1, 0.15) is 5.75 Å². The molecule has 0 atom stereocenters. The Morgan fingerprint density at radius 1 is 1.17 bits per heavy atom. The summed E-state index contributed by atoms with van der Waals surface area (Å²) in [6.07, 6.45) is 1.30. The van der Waals surface area contributed by atoms with Crippen LogP contribution in [0.25, 0.3) is 0 Å². The van der Waals surface area contributed by atoms with Crippen molar-refractivity contribution in [1.82, 2.24) is 15.1 Å². The number of aryl methyl sites for hydroxylation is 1.